The third kappa shape index (κ3) is 3.86. The van der Waals surface area contributed by atoms with Crippen molar-refractivity contribution >= 4 is 5.91 Å². The summed E-state index contributed by atoms with van der Waals surface area (Å²) in [6.07, 6.45) is 9.53. The van der Waals surface area contributed by atoms with Crippen LogP contribution in [0.25, 0.3) is 0 Å². The molecule has 0 saturated carbocycles. The fraction of sp³-hybridized carbons (Fsp3) is 0.769. The maximum Gasteiger partial charge on any atom is 0.222 e. The van der Waals surface area contributed by atoms with Gasteiger partial charge in [-0.1, -0.05) is 6.92 Å². The molecule has 90 valence electrons. The van der Waals surface area contributed by atoms with E-state index in [1.165, 1.54) is 0 Å². The highest BCUT2D eigenvalue weighted by molar-refractivity contribution is 5.76. The highest BCUT2D eigenvalue weighted by Gasteiger charge is 2.27. The first-order chi connectivity index (χ1) is 7.79. The van der Waals surface area contributed by atoms with Crippen LogP contribution in [0.4, 0.5) is 0 Å². The molecular formula is C13H22N2O. The molecule has 0 spiro atoms. The van der Waals surface area contributed by atoms with Crippen LogP contribution in [0.1, 0.15) is 39.0 Å². The molecule has 1 aliphatic rings. The molecule has 0 radical (unpaired) electrons. The largest absolute Gasteiger partial charge is 0.337 e. The van der Waals surface area contributed by atoms with Crippen LogP contribution in [0.15, 0.2) is 0 Å². The molecule has 1 aliphatic heterocycles. The SMILES string of the molecule is C#CCCCCC(=O)N(CCC)C1CNC1. The molecule has 0 aromatic rings. The van der Waals surface area contributed by atoms with Gasteiger partial charge in [-0.15, -0.1) is 12.3 Å². The highest BCUT2D eigenvalue weighted by atomic mass is 16.2. The molecule has 0 aromatic heterocycles. The summed E-state index contributed by atoms with van der Waals surface area (Å²) < 4.78 is 0. The fourth-order valence-corrected chi connectivity index (χ4v) is 1.89. The summed E-state index contributed by atoms with van der Waals surface area (Å²) in [5, 5.41) is 3.21. The minimum atomic E-state index is 0.297. The summed E-state index contributed by atoms with van der Waals surface area (Å²) in [6.45, 7) is 4.91. The first kappa shape index (κ1) is 13.1. The van der Waals surface area contributed by atoms with Crippen LogP contribution in [0.2, 0.25) is 0 Å². The first-order valence-electron chi connectivity index (χ1n) is 6.23. The summed E-state index contributed by atoms with van der Waals surface area (Å²) >= 11 is 0. The van der Waals surface area contributed by atoms with E-state index in [0.29, 0.717) is 18.4 Å². The highest BCUT2D eigenvalue weighted by Crippen LogP contribution is 2.10. The van der Waals surface area contributed by atoms with Crippen molar-refractivity contribution in [2.45, 2.75) is 45.1 Å². The van der Waals surface area contributed by atoms with E-state index in [-0.39, 0.29) is 0 Å². The van der Waals surface area contributed by atoms with Gasteiger partial charge in [-0.25, -0.2) is 0 Å². The summed E-state index contributed by atoms with van der Waals surface area (Å²) in [7, 11) is 0. The van der Waals surface area contributed by atoms with Crippen molar-refractivity contribution in [3.63, 3.8) is 0 Å². The molecule has 0 unspecified atom stereocenters. The number of hydrogen-bond donors (Lipinski definition) is 1. The molecule has 0 aliphatic carbocycles. The number of nitrogens with zero attached hydrogens (tertiary/aromatic N) is 1. The van der Waals surface area contributed by atoms with Gasteiger partial charge in [-0.3, -0.25) is 4.79 Å². The average Bonchev–Trinajstić information content (AvgIpc) is 2.21. The molecule has 0 bridgehead atoms. The summed E-state index contributed by atoms with van der Waals surface area (Å²) in [4.78, 5) is 14.0. The van der Waals surface area contributed by atoms with Gasteiger partial charge in [-0.2, -0.15) is 0 Å². The Kier molecular flexibility index (Phi) is 5.95. The van der Waals surface area contributed by atoms with Gasteiger partial charge in [-0.05, 0) is 19.3 Å². The van der Waals surface area contributed by atoms with Crippen molar-refractivity contribution in [1.82, 2.24) is 10.2 Å². The monoisotopic (exact) mass is 222 g/mol. The van der Waals surface area contributed by atoms with E-state index >= 15 is 0 Å². The fourth-order valence-electron chi connectivity index (χ4n) is 1.89. The van der Waals surface area contributed by atoms with Gasteiger partial charge in [0, 0.05) is 32.5 Å². The van der Waals surface area contributed by atoms with Gasteiger partial charge in [0.2, 0.25) is 5.91 Å². The topological polar surface area (TPSA) is 32.3 Å². The number of hydrogen-bond acceptors (Lipinski definition) is 2. The number of nitrogens with one attached hydrogen (secondary N) is 1. The number of carbonyl (C=O) groups excluding carboxylic acids is 1. The van der Waals surface area contributed by atoms with Gasteiger partial charge >= 0.3 is 0 Å². The molecule has 1 heterocycles. The zero-order valence-corrected chi connectivity index (χ0v) is 10.2. The first-order valence-corrected chi connectivity index (χ1v) is 6.23. The lowest BCUT2D eigenvalue weighted by molar-refractivity contribution is -0.134. The van der Waals surface area contributed by atoms with E-state index in [1.807, 2.05) is 4.90 Å². The number of unbranched alkanes of at least 4 members (excludes halogenated alkanes) is 2. The van der Waals surface area contributed by atoms with Gasteiger partial charge in [0.25, 0.3) is 0 Å². The van der Waals surface area contributed by atoms with Crippen LogP contribution in [0, 0.1) is 12.3 Å². The van der Waals surface area contributed by atoms with E-state index in [0.717, 1.165) is 45.3 Å². The Morgan fingerprint density at radius 2 is 2.25 bits per heavy atom. The van der Waals surface area contributed by atoms with Crippen molar-refractivity contribution in [2.24, 2.45) is 0 Å². The molecule has 1 fully saturated rings. The standard InChI is InChI=1S/C13H22N2O/c1-3-5-6-7-8-13(16)15(9-4-2)12-10-14-11-12/h1,12,14H,4-11H2,2H3. The normalized spacial score (nSPS) is 15.2. The van der Waals surface area contributed by atoms with Crippen molar-refractivity contribution in [1.29, 1.82) is 0 Å². The zero-order chi connectivity index (χ0) is 11.8. The van der Waals surface area contributed by atoms with Crippen molar-refractivity contribution in [2.75, 3.05) is 19.6 Å². The van der Waals surface area contributed by atoms with Crippen molar-refractivity contribution < 1.29 is 4.79 Å². The Morgan fingerprint density at radius 3 is 2.75 bits per heavy atom. The molecule has 0 aromatic carbocycles. The van der Waals surface area contributed by atoms with E-state index in [9.17, 15) is 4.79 Å². The zero-order valence-electron chi connectivity index (χ0n) is 10.2. The van der Waals surface area contributed by atoms with Gasteiger partial charge in [0.05, 0.1) is 6.04 Å². The number of terminal acetylenes is 1. The van der Waals surface area contributed by atoms with Crippen LogP contribution >= 0.6 is 0 Å². The Bertz CT molecular complexity index is 253. The van der Waals surface area contributed by atoms with Gasteiger partial charge in [0.1, 0.15) is 0 Å². The lowest BCUT2D eigenvalue weighted by Gasteiger charge is -2.38. The van der Waals surface area contributed by atoms with Crippen LogP contribution in [-0.2, 0) is 4.79 Å². The molecule has 3 heteroatoms. The second-order valence-corrected chi connectivity index (χ2v) is 4.31. The minimum Gasteiger partial charge on any atom is -0.337 e. The Hall–Kier alpha value is -1.01. The van der Waals surface area contributed by atoms with E-state index in [1.54, 1.807) is 0 Å². The number of amides is 1. The average molecular weight is 222 g/mol. The maximum atomic E-state index is 12.0. The smallest absolute Gasteiger partial charge is 0.222 e. The summed E-state index contributed by atoms with van der Waals surface area (Å²) in [6, 6.07) is 0.431. The summed E-state index contributed by atoms with van der Waals surface area (Å²) in [5.41, 5.74) is 0. The van der Waals surface area contributed by atoms with E-state index < -0.39 is 0 Å². The lowest BCUT2D eigenvalue weighted by Crippen LogP contribution is -2.59. The second kappa shape index (κ2) is 7.29. The molecule has 3 nitrogen and oxygen atoms in total. The molecular weight excluding hydrogens is 200 g/mol. The molecule has 1 amide bonds. The lowest BCUT2D eigenvalue weighted by atomic mass is 10.1. The van der Waals surface area contributed by atoms with Crippen LogP contribution in [-0.4, -0.2) is 36.5 Å². The third-order valence-corrected chi connectivity index (χ3v) is 2.95. The summed E-state index contributed by atoms with van der Waals surface area (Å²) in [5.74, 6) is 2.90. The van der Waals surface area contributed by atoms with Crippen molar-refractivity contribution in [3.8, 4) is 12.3 Å². The minimum absolute atomic E-state index is 0.297. The molecule has 1 N–H and O–H groups in total. The Morgan fingerprint density at radius 1 is 1.50 bits per heavy atom. The quantitative estimate of drug-likeness (QED) is 0.521. The van der Waals surface area contributed by atoms with Gasteiger partial charge in [0.15, 0.2) is 0 Å². The van der Waals surface area contributed by atoms with E-state index in [4.69, 9.17) is 6.42 Å². The second-order valence-electron chi connectivity index (χ2n) is 4.31. The number of carbonyl (C=O) groups is 1. The number of rotatable bonds is 7. The predicted octanol–water partition coefficient (Wildman–Crippen LogP) is 1.39. The van der Waals surface area contributed by atoms with Crippen LogP contribution in [0.5, 0.6) is 0 Å². The third-order valence-electron chi connectivity index (χ3n) is 2.95. The van der Waals surface area contributed by atoms with Crippen LogP contribution < -0.4 is 5.32 Å². The molecule has 0 atom stereocenters. The Labute approximate surface area is 98.6 Å². The maximum absolute atomic E-state index is 12.0. The van der Waals surface area contributed by atoms with Crippen LogP contribution in [0.3, 0.4) is 0 Å². The molecule has 1 saturated heterocycles. The van der Waals surface area contributed by atoms with E-state index in [2.05, 4.69) is 18.2 Å². The van der Waals surface area contributed by atoms with Gasteiger partial charge < -0.3 is 10.2 Å². The Balaban J connectivity index is 2.27. The molecule has 1 rings (SSSR count). The predicted molar refractivity (Wildman–Crippen MR) is 66.0 cm³/mol. The van der Waals surface area contributed by atoms with Crippen molar-refractivity contribution in [3.05, 3.63) is 0 Å². The molecule has 16 heavy (non-hydrogen) atoms.